The van der Waals surface area contributed by atoms with Crippen molar-refractivity contribution in [1.29, 1.82) is 0 Å². The van der Waals surface area contributed by atoms with Crippen molar-refractivity contribution in [3.63, 3.8) is 0 Å². The van der Waals surface area contributed by atoms with E-state index < -0.39 is 5.67 Å². The molecule has 0 saturated carbocycles. The third-order valence-electron chi connectivity index (χ3n) is 3.31. The third-order valence-corrected chi connectivity index (χ3v) is 3.31. The quantitative estimate of drug-likeness (QED) is 0.713. The first-order chi connectivity index (χ1) is 6.20. The summed E-state index contributed by atoms with van der Waals surface area (Å²) in [6, 6.07) is 0. The first-order valence-corrected chi connectivity index (χ1v) is 5.60. The Hall–Kier alpha value is -0.110. The van der Waals surface area contributed by atoms with Crippen LogP contribution >= 0.6 is 0 Å². The predicted octanol–water partition coefficient (Wildman–Crippen LogP) is 2.90. The summed E-state index contributed by atoms with van der Waals surface area (Å²) in [6.07, 6.45) is 4.44. The van der Waals surface area contributed by atoms with Crippen LogP contribution in [0.5, 0.6) is 0 Å². The average Bonchev–Trinajstić information content (AvgIpc) is 2.15. The Morgan fingerprint density at radius 3 is 2.23 bits per heavy atom. The summed E-state index contributed by atoms with van der Waals surface area (Å²) in [5.41, 5.74) is -0.859. The molecular weight excluding hydrogens is 165 g/mol. The molecule has 78 valence electrons. The van der Waals surface area contributed by atoms with Gasteiger partial charge < -0.3 is 5.32 Å². The van der Waals surface area contributed by atoms with E-state index in [0.29, 0.717) is 18.8 Å². The lowest BCUT2D eigenvalue weighted by atomic mass is 9.83. The summed E-state index contributed by atoms with van der Waals surface area (Å²) in [6.45, 7) is 6.05. The van der Waals surface area contributed by atoms with Gasteiger partial charge in [0, 0.05) is 0 Å². The minimum Gasteiger partial charge on any atom is -0.316 e. The summed E-state index contributed by atoms with van der Waals surface area (Å²) < 4.78 is 14.2. The van der Waals surface area contributed by atoms with Crippen molar-refractivity contribution < 1.29 is 4.39 Å². The maximum Gasteiger partial charge on any atom is 0.113 e. The second kappa shape index (κ2) is 4.94. The van der Waals surface area contributed by atoms with E-state index in [4.69, 9.17) is 0 Å². The number of alkyl halides is 1. The predicted molar refractivity (Wildman–Crippen MR) is 54.6 cm³/mol. The molecule has 2 heteroatoms. The van der Waals surface area contributed by atoms with Gasteiger partial charge in [0.1, 0.15) is 5.67 Å². The van der Waals surface area contributed by atoms with Crippen LogP contribution < -0.4 is 5.32 Å². The molecular formula is C11H22FN. The lowest BCUT2D eigenvalue weighted by molar-refractivity contribution is 0.0811. The molecule has 1 rings (SSSR count). The number of rotatable bonds is 4. The van der Waals surface area contributed by atoms with Gasteiger partial charge in [-0.25, -0.2) is 4.39 Å². The molecule has 1 aliphatic heterocycles. The molecule has 0 aliphatic carbocycles. The molecule has 1 heterocycles. The van der Waals surface area contributed by atoms with Crippen molar-refractivity contribution in [3.8, 4) is 0 Å². The molecule has 13 heavy (non-hydrogen) atoms. The van der Waals surface area contributed by atoms with E-state index in [-0.39, 0.29) is 0 Å². The highest BCUT2D eigenvalue weighted by atomic mass is 19.1. The van der Waals surface area contributed by atoms with Crippen LogP contribution in [0.3, 0.4) is 0 Å². The number of piperidine rings is 1. The molecule has 0 bridgehead atoms. The van der Waals surface area contributed by atoms with Crippen molar-refractivity contribution in [2.45, 2.75) is 51.6 Å². The lowest BCUT2D eigenvalue weighted by Gasteiger charge is -2.32. The molecule has 1 N–H and O–H groups in total. The Labute approximate surface area is 81.1 Å². The topological polar surface area (TPSA) is 12.0 Å². The molecule has 0 spiro atoms. The van der Waals surface area contributed by atoms with Crippen molar-refractivity contribution >= 4 is 0 Å². The zero-order valence-electron chi connectivity index (χ0n) is 8.91. The van der Waals surface area contributed by atoms with Gasteiger partial charge in [-0.1, -0.05) is 26.7 Å². The lowest BCUT2D eigenvalue weighted by Crippen LogP contribution is -2.39. The standard InChI is InChI=1S/C11H22FN/c1-3-10(4-2)9-11(12)5-7-13-8-6-11/h10,13H,3-9H2,1-2H3. The van der Waals surface area contributed by atoms with E-state index in [1.54, 1.807) is 0 Å². The Kier molecular flexibility index (Phi) is 4.17. The van der Waals surface area contributed by atoms with Crippen LogP contribution in [-0.2, 0) is 0 Å². The van der Waals surface area contributed by atoms with Crippen molar-refractivity contribution in [2.75, 3.05) is 13.1 Å². The maximum absolute atomic E-state index is 14.2. The molecule has 1 fully saturated rings. The highest BCUT2D eigenvalue weighted by molar-refractivity contribution is 4.86. The summed E-state index contributed by atoms with van der Waals surface area (Å²) in [5, 5.41) is 3.21. The second-order valence-electron chi connectivity index (χ2n) is 4.29. The highest BCUT2D eigenvalue weighted by Gasteiger charge is 2.33. The van der Waals surface area contributed by atoms with Crippen molar-refractivity contribution in [2.24, 2.45) is 5.92 Å². The zero-order valence-corrected chi connectivity index (χ0v) is 8.91. The SMILES string of the molecule is CCC(CC)CC1(F)CCNCC1. The molecule has 0 aromatic carbocycles. The fourth-order valence-electron chi connectivity index (χ4n) is 2.17. The number of nitrogens with one attached hydrogen (secondary N) is 1. The molecule has 0 aromatic rings. The van der Waals surface area contributed by atoms with Gasteiger partial charge in [-0.15, -0.1) is 0 Å². The third kappa shape index (κ3) is 3.26. The van der Waals surface area contributed by atoms with Crippen LogP contribution in [-0.4, -0.2) is 18.8 Å². The maximum atomic E-state index is 14.2. The monoisotopic (exact) mass is 187 g/mol. The Morgan fingerprint density at radius 1 is 1.23 bits per heavy atom. The van der Waals surface area contributed by atoms with E-state index >= 15 is 0 Å². The van der Waals surface area contributed by atoms with Gasteiger partial charge in [0.25, 0.3) is 0 Å². The largest absolute Gasteiger partial charge is 0.316 e. The van der Waals surface area contributed by atoms with Crippen molar-refractivity contribution in [1.82, 2.24) is 5.32 Å². The number of hydrogen-bond donors (Lipinski definition) is 1. The molecule has 0 atom stereocenters. The summed E-state index contributed by atoms with van der Waals surface area (Å²) in [7, 11) is 0. The molecule has 0 amide bonds. The van der Waals surface area contributed by atoms with Gasteiger partial charge >= 0.3 is 0 Å². The molecule has 0 aromatic heterocycles. The summed E-state index contributed by atoms with van der Waals surface area (Å²) >= 11 is 0. The molecule has 0 unspecified atom stereocenters. The Balaban J connectivity index is 2.39. The normalized spacial score (nSPS) is 22.2. The minimum atomic E-state index is -0.859. The van der Waals surface area contributed by atoms with E-state index in [1.165, 1.54) is 0 Å². The van der Waals surface area contributed by atoms with Gasteiger partial charge in [0.15, 0.2) is 0 Å². The molecule has 0 radical (unpaired) electrons. The molecule has 1 saturated heterocycles. The highest BCUT2D eigenvalue weighted by Crippen LogP contribution is 2.32. The van der Waals surface area contributed by atoms with E-state index in [1.807, 2.05) is 0 Å². The van der Waals surface area contributed by atoms with Gasteiger partial charge in [-0.2, -0.15) is 0 Å². The van der Waals surface area contributed by atoms with E-state index in [9.17, 15) is 4.39 Å². The summed E-state index contributed by atoms with van der Waals surface area (Å²) in [4.78, 5) is 0. The Morgan fingerprint density at radius 2 is 1.77 bits per heavy atom. The van der Waals surface area contributed by atoms with Crippen LogP contribution in [0.2, 0.25) is 0 Å². The van der Waals surface area contributed by atoms with Gasteiger partial charge in [0.05, 0.1) is 0 Å². The molecule has 1 aliphatic rings. The van der Waals surface area contributed by atoms with E-state index in [0.717, 1.165) is 32.4 Å². The fraction of sp³-hybridized carbons (Fsp3) is 1.00. The van der Waals surface area contributed by atoms with Crippen molar-refractivity contribution in [3.05, 3.63) is 0 Å². The van der Waals surface area contributed by atoms with Crippen LogP contribution in [0.4, 0.5) is 4.39 Å². The smallest absolute Gasteiger partial charge is 0.113 e. The van der Waals surface area contributed by atoms with Gasteiger partial charge in [-0.3, -0.25) is 0 Å². The first kappa shape index (κ1) is 11.0. The summed E-state index contributed by atoms with van der Waals surface area (Å²) in [5.74, 6) is 0.586. The number of hydrogen-bond acceptors (Lipinski definition) is 1. The van der Waals surface area contributed by atoms with Gasteiger partial charge in [-0.05, 0) is 38.3 Å². The average molecular weight is 187 g/mol. The minimum absolute atomic E-state index is 0.586. The second-order valence-corrected chi connectivity index (χ2v) is 4.29. The van der Waals surface area contributed by atoms with Gasteiger partial charge in [0.2, 0.25) is 0 Å². The zero-order chi connectivity index (χ0) is 9.73. The van der Waals surface area contributed by atoms with Crippen LogP contribution in [0, 0.1) is 5.92 Å². The van der Waals surface area contributed by atoms with Crippen LogP contribution in [0.25, 0.3) is 0 Å². The fourth-order valence-corrected chi connectivity index (χ4v) is 2.17. The van der Waals surface area contributed by atoms with Crippen LogP contribution in [0.1, 0.15) is 46.0 Å². The molecule has 1 nitrogen and oxygen atoms in total. The Bertz CT molecular complexity index is 137. The number of halogens is 1. The van der Waals surface area contributed by atoms with E-state index in [2.05, 4.69) is 19.2 Å². The van der Waals surface area contributed by atoms with Crippen LogP contribution in [0.15, 0.2) is 0 Å². The first-order valence-electron chi connectivity index (χ1n) is 5.60.